The maximum Gasteiger partial charge on any atom is 0.272 e. The molecule has 1 aliphatic rings. The van der Waals surface area contributed by atoms with Crippen LogP contribution in [0.15, 0.2) is 29.8 Å². The highest BCUT2D eigenvalue weighted by atomic mass is 32.1. The first kappa shape index (κ1) is 23.8. The zero-order valence-corrected chi connectivity index (χ0v) is 20.9. The number of carbonyl (C=O) groups excluding carboxylic acids is 2. The van der Waals surface area contributed by atoms with Crippen molar-refractivity contribution in [1.29, 1.82) is 0 Å². The van der Waals surface area contributed by atoms with E-state index in [2.05, 4.69) is 42.9 Å². The molecule has 1 atom stereocenters. The third-order valence-corrected chi connectivity index (χ3v) is 6.22. The number of likely N-dealkylation sites (N-methyl/N-ethyl adjacent to an activating group) is 1. The van der Waals surface area contributed by atoms with Crippen LogP contribution in [0.4, 0.5) is 5.69 Å². The van der Waals surface area contributed by atoms with Crippen LogP contribution in [0.5, 0.6) is 5.75 Å². The number of nitrogens with one attached hydrogen (secondary N) is 1. The molecule has 0 fully saturated rings. The number of imidazole rings is 1. The van der Waals surface area contributed by atoms with Gasteiger partial charge in [0, 0.05) is 35.3 Å². The summed E-state index contributed by atoms with van der Waals surface area (Å²) in [7, 11) is 1.63. The number of carbonyl (C=O) groups is 2. The van der Waals surface area contributed by atoms with Gasteiger partial charge in [0.25, 0.3) is 11.8 Å². The molecular weight excluding hydrogens is 452 g/mol. The standard InChI is InChI=1S/C25H28N4O4S/c1-24(2,3)20-14-34-23-27-16(12-29(20)23)21(30)26-17-13-33-19-8-7-15(9-10-25(4,5)32)11-18(19)28(6)22(17)31/h7-8,11-12,14,17,32H,13H2,1-6H3,(H,26,30)/t17-/m0/s1. The fraction of sp³-hybridized carbons (Fsp3) is 0.400. The third kappa shape index (κ3) is 4.79. The SMILES string of the molecule is CN1C(=O)[C@@H](NC(=O)c2cn3c(C(C)(C)C)csc3n2)COc2ccc(C#CC(C)(C)O)cc21. The summed E-state index contributed by atoms with van der Waals surface area (Å²) in [4.78, 5) is 32.7. The molecule has 1 aromatic carbocycles. The monoisotopic (exact) mass is 480 g/mol. The molecule has 0 radical (unpaired) electrons. The Kier molecular flexibility index (Phi) is 5.92. The molecule has 3 aromatic rings. The average molecular weight is 481 g/mol. The van der Waals surface area contributed by atoms with Crippen molar-refractivity contribution in [2.24, 2.45) is 0 Å². The molecule has 4 rings (SSSR count). The van der Waals surface area contributed by atoms with E-state index in [0.29, 0.717) is 17.0 Å². The van der Waals surface area contributed by atoms with Crippen LogP contribution in [-0.4, -0.2) is 51.6 Å². The maximum atomic E-state index is 13.1. The summed E-state index contributed by atoms with van der Waals surface area (Å²) in [6.45, 7) is 9.50. The van der Waals surface area contributed by atoms with Gasteiger partial charge in [0.2, 0.25) is 0 Å². The molecule has 0 bridgehead atoms. The van der Waals surface area contributed by atoms with E-state index in [1.54, 1.807) is 45.3 Å². The Bertz CT molecular complexity index is 1330. The molecule has 8 nitrogen and oxygen atoms in total. The van der Waals surface area contributed by atoms with Crippen molar-refractivity contribution >= 4 is 33.8 Å². The van der Waals surface area contributed by atoms with E-state index < -0.39 is 17.6 Å². The lowest BCUT2D eigenvalue weighted by atomic mass is 9.93. The Morgan fingerprint density at radius 1 is 1.29 bits per heavy atom. The van der Waals surface area contributed by atoms with Crippen molar-refractivity contribution in [2.45, 2.75) is 51.7 Å². The highest BCUT2D eigenvalue weighted by molar-refractivity contribution is 7.15. The number of anilines is 1. The molecule has 0 aliphatic carbocycles. The summed E-state index contributed by atoms with van der Waals surface area (Å²) in [6, 6.07) is 4.35. The Morgan fingerprint density at radius 2 is 2.03 bits per heavy atom. The van der Waals surface area contributed by atoms with Crippen LogP contribution in [0.25, 0.3) is 4.96 Å². The predicted molar refractivity (Wildman–Crippen MR) is 132 cm³/mol. The lowest BCUT2D eigenvalue weighted by molar-refractivity contribution is -0.120. The fourth-order valence-electron chi connectivity index (χ4n) is 3.57. The highest BCUT2D eigenvalue weighted by Gasteiger charge is 2.32. The number of thiazole rings is 1. The summed E-state index contributed by atoms with van der Waals surface area (Å²) in [5.74, 6) is 5.43. The summed E-state index contributed by atoms with van der Waals surface area (Å²) < 4.78 is 7.77. The van der Waals surface area contributed by atoms with Crippen LogP contribution in [0.2, 0.25) is 0 Å². The first-order chi connectivity index (χ1) is 15.8. The number of rotatable bonds is 2. The fourth-order valence-corrected chi connectivity index (χ4v) is 4.67. The quantitative estimate of drug-likeness (QED) is 0.550. The second-order valence-corrected chi connectivity index (χ2v) is 10.7. The Morgan fingerprint density at radius 3 is 2.71 bits per heavy atom. The lowest BCUT2D eigenvalue weighted by Gasteiger charge is -2.20. The number of amides is 2. The van der Waals surface area contributed by atoms with Crippen molar-refractivity contribution in [3.8, 4) is 17.6 Å². The van der Waals surface area contributed by atoms with Gasteiger partial charge in [-0.15, -0.1) is 11.3 Å². The molecule has 3 heterocycles. The molecule has 0 unspecified atom stereocenters. The molecule has 2 aromatic heterocycles. The van der Waals surface area contributed by atoms with Gasteiger partial charge in [-0.05, 0) is 32.0 Å². The topological polar surface area (TPSA) is 96.2 Å². The largest absolute Gasteiger partial charge is 0.489 e. The van der Waals surface area contributed by atoms with Crippen LogP contribution >= 0.6 is 11.3 Å². The van der Waals surface area contributed by atoms with Gasteiger partial charge < -0.3 is 20.1 Å². The molecule has 34 heavy (non-hydrogen) atoms. The molecular formula is C25H28N4O4S. The number of nitrogens with zero attached hydrogens (tertiary/aromatic N) is 3. The van der Waals surface area contributed by atoms with Gasteiger partial charge in [-0.25, -0.2) is 4.98 Å². The van der Waals surface area contributed by atoms with Crippen molar-refractivity contribution in [3.63, 3.8) is 0 Å². The maximum absolute atomic E-state index is 13.1. The molecule has 0 saturated carbocycles. The minimum Gasteiger partial charge on any atom is -0.489 e. The number of benzene rings is 1. The van der Waals surface area contributed by atoms with Crippen LogP contribution < -0.4 is 15.0 Å². The van der Waals surface area contributed by atoms with E-state index in [1.165, 1.54) is 16.2 Å². The van der Waals surface area contributed by atoms with Crippen LogP contribution in [0, 0.1) is 11.8 Å². The summed E-state index contributed by atoms with van der Waals surface area (Å²) in [5, 5.41) is 14.7. The van der Waals surface area contributed by atoms with Gasteiger partial charge in [0.05, 0.1) is 5.69 Å². The van der Waals surface area contributed by atoms with E-state index in [-0.39, 0.29) is 23.6 Å². The molecule has 1 aliphatic heterocycles. The zero-order chi connectivity index (χ0) is 24.8. The first-order valence-corrected chi connectivity index (χ1v) is 11.8. The number of hydrogen-bond acceptors (Lipinski definition) is 6. The molecule has 2 amide bonds. The second-order valence-electron chi connectivity index (χ2n) is 9.88. The van der Waals surface area contributed by atoms with Crippen LogP contribution in [0.3, 0.4) is 0 Å². The average Bonchev–Trinajstić information content (AvgIpc) is 3.31. The third-order valence-electron chi connectivity index (χ3n) is 5.38. The molecule has 9 heteroatoms. The summed E-state index contributed by atoms with van der Waals surface area (Å²) in [6.07, 6.45) is 1.70. The number of aromatic nitrogens is 2. The van der Waals surface area contributed by atoms with Crippen molar-refractivity contribution in [2.75, 3.05) is 18.6 Å². The van der Waals surface area contributed by atoms with Crippen LogP contribution in [0.1, 0.15) is 56.4 Å². The smallest absolute Gasteiger partial charge is 0.272 e. The van der Waals surface area contributed by atoms with Gasteiger partial charge in [-0.2, -0.15) is 0 Å². The molecule has 2 N–H and O–H groups in total. The van der Waals surface area contributed by atoms with Crippen molar-refractivity contribution in [3.05, 3.63) is 46.7 Å². The number of ether oxygens (including phenoxy) is 1. The predicted octanol–water partition coefficient (Wildman–Crippen LogP) is 2.97. The Balaban J connectivity index is 1.54. The summed E-state index contributed by atoms with van der Waals surface area (Å²) in [5.41, 5.74) is 1.27. The Hall–Kier alpha value is -3.35. The van der Waals surface area contributed by atoms with Crippen molar-refractivity contribution in [1.82, 2.24) is 14.7 Å². The molecule has 0 saturated heterocycles. The lowest BCUT2D eigenvalue weighted by Crippen LogP contribution is -2.49. The van der Waals surface area contributed by atoms with Gasteiger partial charge in [-0.3, -0.25) is 14.0 Å². The van der Waals surface area contributed by atoms with E-state index >= 15 is 0 Å². The highest BCUT2D eigenvalue weighted by Crippen LogP contribution is 2.32. The molecule has 0 spiro atoms. The normalized spacial score (nSPS) is 16.4. The first-order valence-electron chi connectivity index (χ1n) is 10.9. The van der Waals surface area contributed by atoms with E-state index in [0.717, 1.165) is 10.7 Å². The van der Waals surface area contributed by atoms with Gasteiger partial charge >= 0.3 is 0 Å². The van der Waals surface area contributed by atoms with Gasteiger partial charge in [-0.1, -0.05) is 32.6 Å². The van der Waals surface area contributed by atoms with E-state index in [9.17, 15) is 14.7 Å². The van der Waals surface area contributed by atoms with Gasteiger partial charge in [0.15, 0.2) is 4.96 Å². The minimum atomic E-state index is -1.13. The molecule has 178 valence electrons. The van der Waals surface area contributed by atoms with Gasteiger partial charge in [0.1, 0.15) is 29.7 Å². The minimum absolute atomic E-state index is 0.00787. The van der Waals surface area contributed by atoms with E-state index in [1.807, 2.05) is 9.78 Å². The number of hydrogen-bond donors (Lipinski definition) is 2. The number of fused-ring (bicyclic) bond motifs is 2. The van der Waals surface area contributed by atoms with Crippen molar-refractivity contribution < 1.29 is 19.4 Å². The Labute approximate surface area is 202 Å². The van der Waals surface area contributed by atoms with Crippen LogP contribution in [-0.2, 0) is 10.2 Å². The summed E-state index contributed by atoms with van der Waals surface area (Å²) >= 11 is 1.47. The second kappa shape index (κ2) is 8.46. The zero-order valence-electron chi connectivity index (χ0n) is 20.1. The number of aliphatic hydroxyl groups is 1. The van der Waals surface area contributed by atoms with E-state index in [4.69, 9.17) is 4.74 Å².